The predicted molar refractivity (Wildman–Crippen MR) is 129 cm³/mol. The highest BCUT2D eigenvalue weighted by Crippen LogP contribution is 2.35. The average molecular weight is 468 g/mol. The average Bonchev–Trinajstić information content (AvgIpc) is 3.18. The fourth-order valence-corrected chi connectivity index (χ4v) is 3.83. The lowest BCUT2D eigenvalue weighted by Gasteiger charge is -2.30. The number of pyridine rings is 1. The molecule has 8 nitrogen and oxygen atoms in total. The van der Waals surface area contributed by atoms with Gasteiger partial charge in [0, 0.05) is 12.5 Å². The van der Waals surface area contributed by atoms with Crippen molar-refractivity contribution < 1.29 is 23.9 Å². The SMILES string of the molecule is CC(C)(C)OC(=O)c1ccc(NC(=O)[C@@H]2[C@@H](c3ccccc3)CCN2C(=O)OC(C)(C)C)cn1. The second kappa shape index (κ2) is 9.83. The Morgan fingerprint density at radius 2 is 1.59 bits per heavy atom. The normalized spacial score (nSPS) is 18.4. The van der Waals surface area contributed by atoms with E-state index in [4.69, 9.17) is 9.47 Å². The third-order valence-electron chi connectivity index (χ3n) is 5.16. The van der Waals surface area contributed by atoms with Gasteiger partial charge in [0.25, 0.3) is 0 Å². The third-order valence-corrected chi connectivity index (χ3v) is 5.16. The van der Waals surface area contributed by atoms with E-state index in [0.29, 0.717) is 18.7 Å². The van der Waals surface area contributed by atoms with E-state index in [9.17, 15) is 14.4 Å². The summed E-state index contributed by atoms with van der Waals surface area (Å²) >= 11 is 0. The van der Waals surface area contributed by atoms with Gasteiger partial charge < -0.3 is 14.8 Å². The number of hydrogen-bond donors (Lipinski definition) is 1. The summed E-state index contributed by atoms with van der Waals surface area (Å²) in [6, 6.07) is 12.0. The Labute approximate surface area is 200 Å². The van der Waals surface area contributed by atoms with Crippen LogP contribution in [0.25, 0.3) is 0 Å². The molecule has 2 aromatic rings. The molecule has 3 rings (SSSR count). The molecule has 182 valence electrons. The van der Waals surface area contributed by atoms with Crippen LogP contribution in [0.4, 0.5) is 10.5 Å². The molecule has 34 heavy (non-hydrogen) atoms. The van der Waals surface area contributed by atoms with Crippen molar-refractivity contribution in [1.82, 2.24) is 9.88 Å². The van der Waals surface area contributed by atoms with Gasteiger partial charge in [-0.15, -0.1) is 0 Å². The summed E-state index contributed by atoms with van der Waals surface area (Å²) < 4.78 is 10.9. The van der Waals surface area contributed by atoms with Gasteiger partial charge >= 0.3 is 12.1 Å². The van der Waals surface area contributed by atoms with Gasteiger partial charge in [-0.3, -0.25) is 9.69 Å². The van der Waals surface area contributed by atoms with E-state index in [0.717, 1.165) is 5.56 Å². The second-order valence-corrected chi connectivity index (χ2v) is 10.3. The third kappa shape index (κ3) is 6.56. The van der Waals surface area contributed by atoms with Gasteiger partial charge in [0.2, 0.25) is 5.91 Å². The van der Waals surface area contributed by atoms with Gasteiger partial charge in [0.1, 0.15) is 22.9 Å². The van der Waals surface area contributed by atoms with Crippen molar-refractivity contribution in [2.75, 3.05) is 11.9 Å². The van der Waals surface area contributed by atoms with Crippen molar-refractivity contribution in [2.24, 2.45) is 0 Å². The first-order valence-corrected chi connectivity index (χ1v) is 11.4. The van der Waals surface area contributed by atoms with E-state index in [2.05, 4.69) is 10.3 Å². The molecule has 1 saturated heterocycles. The van der Waals surface area contributed by atoms with E-state index in [-0.39, 0.29) is 17.5 Å². The molecular formula is C26H33N3O5. The van der Waals surface area contributed by atoms with Crippen molar-refractivity contribution >= 4 is 23.7 Å². The molecule has 0 unspecified atom stereocenters. The highest BCUT2D eigenvalue weighted by Gasteiger charge is 2.44. The summed E-state index contributed by atoms with van der Waals surface area (Å²) in [4.78, 5) is 44.1. The Hall–Kier alpha value is -3.42. The van der Waals surface area contributed by atoms with Crippen LogP contribution in [0.3, 0.4) is 0 Å². The highest BCUT2D eigenvalue weighted by atomic mass is 16.6. The minimum atomic E-state index is -0.747. The van der Waals surface area contributed by atoms with Crippen LogP contribution >= 0.6 is 0 Å². The Balaban J connectivity index is 1.80. The van der Waals surface area contributed by atoms with Crippen molar-refractivity contribution in [3.63, 3.8) is 0 Å². The molecule has 2 atom stereocenters. The topological polar surface area (TPSA) is 97.8 Å². The maximum atomic E-state index is 13.4. The Kier molecular flexibility index (Phi) is 7.29. The lowest BCUT2D eigenvalue weighted by molar-refractivity contribution is -0.120. The summed E-state index contributed by atoms with van der Waals surface area (Å²) in [7, 11) is 0. The number of carbonyl (C=O) groups is 3. The molecule has 2 heterocycles. The maximum Gasteiger partial charge on any atom is 0.410 e. The van der Waals surface area contributed by atoms with Crippen LogP contribution in [-0.4, -0.2) is 51.6 Å². The minimum absolute atomic E-state index is 0.145. The van der Waals surface area contributed by atoms with Crippen molar-refractivity contribution in [3.8, 4) is 0 Å². The van der Waals surface area contributed by atoms with E-state index in [1.165, 1.54) is 17.2 Å². The zero-order valence-corrected chi connectivity index (χ0v) is 20.6. The van der Waals surface area contributed by atoms with E-state index < -0.39 is 29.3 Å². The van der Waals surface area contributed by atoms with Crippen LogP contribution in [0.15, 0.2) is 48.7 Å². The summed E-state index contributed by atoms with van der Waals surface area (Å²) in [6.45, 7) is 11.1. The molecule has 1 N–H and O–H groups in total. The minimum Gasteiger partial charge on any atom is -0.455 e. The zero-order valence-electron chi connectivity index (χ0n) is 20.6. The number of amides is 2. The van der Waals surface area contributed by atoms with Gasteiger partial charge in [-0.05, 0) is 65.7 Å². The second-order valence-electron chi connectivity index (χ2n) is 10.3. The fraction of sp³-hybridized carbons (Fsp3) is 0.462. The highest BCUT2D eigenvalue weighted by molar-refractivity contribution is 5.98. The monoisotopic (exact) mass is 467 g/mol. The molecule has 0 radical (unpaired) electrons. The molecule has 1 aromatic carbocycles. The van der Waals surface area contributed by atoms with Gasteiger partial charge in [0.15, 0.2) is 0 Å². The lowest BCUT2D eigenvalue weighted by Crippen LogP contribution is -2.47. The first-order valence-electron chi connectivity index (χ1n) is 11.4. The summed E-state index contributed by atoms with van der Waals surface area (Å²) in [5, 5.41) is 2.84. The molecule has 1 aromatic heterocycles. The number of ether oxygens (including phenoxy) is 2. The van der Waals surface area contributed by atoms with Gasteiger partial charge in [-0.25, -0.2) is 14.6 Å². The molecule has 2 amide bonds. The van der Waals surface area contributed by atoms with Crippen LogP contribution < -0.4 is 5.32 Å². The molecule has 1 aliphatic heterocycles. The number of rotatable bonds is 4. The number of nitrogens with one attached hydrogen (secondary N) is 1. The van der Waals surface area contributed by atoms with Crippen LogP contribution in [0.5, 0.6) is 0 Å². The lowest BCUT2D eigenvalue weighted by atomic mass is 9.91. The van der Waals surface area contributed by atoms with Crippen molar-refractivity contribution in [1.29, 1.82) is 0 Å². The van der Waals surface area contributed by atoms with Crippen LogP contribution in [-0.2, 0) is 14.3 Å². The van der Waals surface area contributed by atoms with Gasteiger partial charge in [-0.1, -0.05) is 30.3 Å². The van der Waals surface area contributed by atoms with Gasteiger partial charge in [0.05, 0.1) is 11.9 Å². The number of benzene rings is 1. The number of nitrogens with zero attached hydrogens (tertiary/aromatic N) is 2. The molecule has 0 bridgehead atoms. The van der Waals surface area contributed by atoms with Crippen LogP contribution in [0, 0.1) is 0 Å². The molecule has 0 spiro atoms. The standard InChI is InChI=1S/C26H33N3O5/c1-25(2,3)33-23(31)20-13-12-18(16-27-20)28-22(30)21-19(17-10-8-7-9-11-17)14-15-29(21)24(32)34-26(4,5)6/h7-13,16,19,21H,14-15H2,1-6H3,(H,28,30)/t19-,21+/m1/s1. The molecule has 0 aliphatic carbocycles. The smallest absolute Gasteiger partial charge is 0.410 e. The number of esters is 1. The zero-order chi connectivity index (χ0) is 25.1. The molecule has 0 saturated carbocycles. The number of carbonyl (C=O) groups excluding carboxylic acids is 3. The molecule has 1 aliphatic rings. The molecule has 1 fully saturated rings. The number of hydrogen-bond acceptors (Lipinski definition) is 6. The van der Waals surface area contributed by atoms with Crippen LogP contribution in [0.1, 0.15) is 69.9 Å². The largest absolute Gasteiger partial charge is 0.455 e. The molecular weight excluding hydrogens is 434 g/mol. The van der Waals surface area contributed by atoms with E-state index >= 15 is 0 Å². The quantitative estimate of drug-likeness (QED) is 0.651. The first kappa shape index (κ1) is 25.2. The number of anilines is 1. The molecule has 8 heteroatoms. The Morgan fingerprint density at radius 3 is 2.15 bits per heavy atom. The van der Waals surface area contributed by atoms with Crippen molar-refractivity contribution in [2.45, 2.75) is 71.1 Å². The Bertz CT molecular complexity index is 1020. The Morgan fingerprint density at radius 1 is 0.941 bits per heavy atom. The van der Waals surface area contributed by atoms with Crippen LogP contribution in [0.2, 0.25) is 0 Å². The van der Waals surface area contributed by atoms with Gasteiger partial charge in [-0.2, -0.15) is 0 Å². The number of aromatic nitrogens is 1. The predicted octanol–water partition coefficient (Wildman–Crippen LogP) is 4.77. The van der Waals surface area contributed by atoms with E-state index in [1.54, 1.807) is 47.6 Å². The summed E-state index contributed by atoms with van der Waals surface area (Å²) in [5.41, 5.74) is 0.231. The van der Waals surface area contributed by atoms with E-state index in [1.807, 2.05) is 30.3 Å². The number of likely N-dealkylation sites (tertiary alicyclic amines) is 1. The van der Waals surface area contributed by atoms with Crippen molar-refractivity contribution in [3.05, 3.63) is 59.9 Å². The fourth-order valence-electron chi connectivity index (χ4n) is 3.83. The first-order chi connectivity index (χ1) is 15.8. The maximum absolute atomic E-state index is 13.4. The summed E-state index contributed by atoms with van der Waals surface area (Å²) in [5.74, 6) is -1.06. The summed E-state index contributed by atoms with van der Waals surface area (Å²) in [6.07, 6.45) is 1.52.